The van der Waals surface area contributed by atoms with Gasteiger partial charge < -0.3 is 9.42 Å². The summed E-state index contributed by atoms with van der Waals surface area (Å²) in [5.74, 6) is 0.145. The van der Waals surface area contributed by atoms with E-state index < -0.39 is 15.9 Å². The lowest BCUT2D eigenvalue weighted by Crippen LogP contribution is -2.40. The Bertz CT molecular complexity index is 1170. The Balaban J connectivity index is 1.63. The van der Waals surface area contributed by atoms with Crippen LogP contribution in [-0.4, -0.2) is 41.9 Å². The average Bonchev–Trinajstić information content (AvgIpc) is 3.33. The van der Waals surface area contributed by atoms with E-state index in [9.17, 15) is 13.2 Å². The lowest BCUT2D eigenvalue weighted by Gasteiger charge is -2.27. The number of aryl methyl sites for hydroxylation is 1. The third kappa shape index (κ3) is 4.57. The normalized spacial score (nSPS) is 17.7. The van der Waals surface area contributed by atoms with E-state index in [1.54, 1.807) is 29.2 Å². The van der Waals surface area contributed by atoms with Crippen molar-refractivity contribution >= 4 is 27.3 Å². The van der Waals surface area contributed by atoms with E-state index in [4.69, 9.17) is 16.1 Å². The molecule has 2 aromatic carbocycles. The first-order valence-corrected chi connectivity index (χ1v) is 11.8. The number of halogens is 1. The van der Waals surface area contributed by atoms with Crippen LogP contribution in [0.5, 0.6) is 0 Å². The Morgan fingerprint density at radius 2 is 1.97 bits per heavy atom. The van der Waals surface area contributed by atoms with Crippen LogP contribution >= 0.6 is 11.6 Å². The van der Waals surface area contributed by atoms with Gasteiger partial charge in [0.25, 0.3) is 5.91 Å². The van der Waals surface area contributed by atoms with Gasteiger partial charge in [0.05, 0.1) is 11.5 Å². The van der Waals surface area contributed by atoms with E-state index in [2.05, 4.69) is 5.16 Å². The standard InChI is InChI=1S/C22H21ClN2O4S/c1-15-5-7-17(8-6-15)21-12-20(24-29-21)22(26)25(19-9-10-30(27,28)14-19)13-16-3-2-4-18(23)11-16/h2-8,11-12,19H,9-10,13-14H2,1H3/t19-/m1/s1. The van der Waals surface area contributed by atoms with E-state index in [0.29, 0.717) is 17.2 Å². The van der Waals surface area contributed by atoms with Crippen molar-refractivity contribution in [3.63, 3.8) is 0 Å². The molecular weight excluding hydrogens is 424 g/mol. The molecule has 1 fully saturated rings. The summed E-state index contributed by atoms with van der Waals surface area (Å²) in [7, 11) is -3.16. The Hall–Kier alpha value is -2.64. The molecule has 156 valence electrons. The number of benzene rings is 2. The van der Waals surface area contributed by atoms with Gasteiger partial charge in [-0.25, -0.2) is 8.42 Å². The van der Waals surface area contributed by atoms with Gasteiger partial charge in [-0.3, -0.25) is 4.79 Å². The second kappa shape index (κ2) is 8.24. The van der Waals surface area contributed by atoms with E-state index in [1.165, 1.54) is 0 Å². The first-order chi connectivity index (χ1) is 14.3. The molecule has 1 aliphatic rings. The van der Waals surface area contributed by atoms with Crippen LogP contribution in [0.4, 0.5) is 0 Å². The Kier molecular flexibility index (Phi) is 5.66. The van der Waals surface area contributed by atoms with Gasteiger partial charge >= 0.3 is 0 Å². The molecule has 1 aliphatic heterocycles. The lowest BCUT2D eigenvalue weighted by molar-refractivity contribution is 0.0670. The minimum absolute atomic E-state index is 0.0536. The number of carbonyl (C=O) groups excluding carboxylic acids is 1. The van der Waals surface area contributed by atoms with Gasteiger partial charge in [-0.05, 0) is 31.0 Å². The Morgan fingerprint density at radius 1 is 1.20 bits per heavy atom. The van der Waals surface area contributed by atoms with Crippen molar-refractivity contribution in [3.05, 3.63) is 76.4 Å². The van der Waals surface area contributed by atoms with Gasteiger partial charge in [0.2, 0.25) is 0 Å². The molecule has 2 heterocycles. The van der Waals surface area contributed by atoms with Crippen molar-refractivity contribution in [1.82, 2.24) is 10.1 Å². The maximum absolute atomic E-state index is 13.3. The maximum atomic E-state index is 13.3. The fourth-order valence-corrected chi connectivity index (χ4v) is 5.54. The molecule has 0 bridgehead atoms. The number of aromatic nitrogens is 1. The Morgan fingerprint density at radius 3 is 2.63 bits per heavy atom. The number of carbonyl (C=O) groups is 1. The number of sulfone groups is 1. The fraction of sp³-hybridized carbons (Fsp3) is 0.273. The summed E-state index contributed by atoms with van der Waals surface area (Å²) in [4.78, 5) is 14.9. The highest BCUT2D eigenvalue weighted by Gasteiger charge is 2.36. The molecule has 3 aromatic rings. The minimum atomic E-state index is -3.16. The molecule has 1 atom stereocenters. The number of rotatable bonds is 5. The molecule has 4 rings (SSSR count). The molecule has 0 aliphatic carbocycles. The molecule has 1 saturated heterocycles. The smallest absolute Gasteiger partial charge is 0.276 e. The summed E-state index contributed by atoms with van der Waals surface area (Å²) in [6.45, 7) is 2.23. The topological polar surface area (TPSA) is 80.5 Å². The average molecular weight is 445 g/mol. The summed E-state index contributed by atoms with van der Waals surface area (Å²) in [6.07, 6.45) is 0.400. The SMILES string of the molecule is Cc1ccc(-c2cc(C(=O)N(Cc3cccc(Cl)c3)[C@@H]3CCS(=O)(=O)C3)no2)cc1. The molecule has 0 radical (unpaired) electrons. The molecule has 30 heavy (non-hydrogen) atoms. The molecule has 8 heteroatoms. The number of nitrogens with zero attached hydrogens (tertiary/aromatic N) is 2. The molecular formula is C22H21ClN2O4S. The molecule has 0 unspecified atom stereocenters. The van der Waals surface area contributed by atoms with Crippen LogP contribution in [0.2, 0.25) is 5.02 Å². The minimum Gasteiger partial charge on any atom is -0.355 e. The van der Waals surface area contributed by atoms with E-state index in [0.717, 1.165) is 16.7 Å². The number of amides is 1. The lowest BCUT2D eigenvalue weighted by atomic mass is 10.1. The summed E-state index contributed by atoms with van der Waals surface area (Å²) < 4.78 is 29.5. The second-order valence-electron chi connectivity index (χ2n) is 7.56. The van der Waals surface area contributed by atoms with Crippen LogP contribution < -0.4 is 0 Å². The van der Waals surface area contributed by atoms with E-state index in [-0.39, 0.29) is 29.7 Å². The largest absolute Gasteiger partial charge is 0.355 e. The van der Waals surface area contributed by atoms with Gasteiger partial charge in [0, 0.05) is 29.2 Å². The van der Waals surface area contributed by atoms with Gasteiger partial charge in [-0.15, -0.1) is 0 Å². The summed E-state index contributed by atoms with van der Waals surface area (Å²) in [6, 6.07) is 16.1. The predicted molar refractivity (Wildman–Crippen MR) is 115 cm³/mol. The van der Waals surface area contributed by atoms with E-state index >= 15 is 0 Å². The molecule has 1 aromatic heterocycles. The van der Waals surface area contributed by atoms with Crippen molar-refractivity contribution < 1.29 is 17.7 Å². The van der Waals surface area contributed by atoms with Crippen LogP contribution in [0.3, 0.4) is 0 Å². The Labute approximate surface area is 180 Å². The third-order valence-electron chi connectivity index (χ3n) is 5.22. The van der Waals surface area contributed by atoms with Gasteiger partial charge in [0.1, 0.15) is 0 Å². The van der Waals surface area contributed by atoms with Crippen molar-refractivity contribution in [2.45, 2.75) is 25.9 Å². The van der Waals surface area contributed by atoms with Crippen LogP contribution in [0, 0.1) is 6.92 Å². The molecule has 0 saturated carbocycles. The summed E-state index contributed by atoms with van der Waals surface area (Å²) in [5.41, 5.74) is 2.90. The zero-order valence-corrected chi connectivity index (χ0v) is 18.0. The monoisotopic (exact) mass is 444 g/mol. The zero-order valence-electron chi connectivity index (χ0n) is 16.4. The van der Waals surface area contributed by atoms with Gasteiger partial charge in [-0.1, -0.05) is 58.7 Å². The van der Waals surface area contributed by atoms with Crippen LogP contribution in [0.25, 0.3) is 11.3 Å². The summed E-state index contributed by atoms with van der Waals surface area (Å²) >= 11 is 6.09. The van der Waals surface area contributed by atoms with Crippen molar-refractivity contribution in [2.75, 3.05) is 11.5 Å². The van der Waals surface area contributed by atoms with Gasteiger partial charge in [-0.2, -0.15) is 0 Å². The first-order valence-electron chi connectivity index (χ1n) is 9.60. The molecule has 1 amide bonds. The second-order valence-corrected chi connectivity index (χ2v) is 10.2. The van der Waals surface area contributed by atoms with E-state index in [1.807, 2.05) is 37.3 Å². The predicted octanol–water partition coefficient (Wildman–Crippen LogP) is 4.13. The highest BCUT2D eigenvalue weighted by atomic mass is 35.5. The highest BCUT2D eigenvalue weighted by molar-refractivity contribution is 7.91. The first kappa shape index (κ1) is 20.6. The van der Waals surface area contributed by atoms with Crippen LogP contribution in [0.15, 0.2) is 59.1 Å². The fourth-order valence-electron chi connectivity index (χ4n) is 3.60. The number of hydrogen-bond donors (Lipinski definition) is 0. The quantitative estimate of drug-likeness (QED) is 0.591. The van der Waals surface area contributed by atoms with Gasteiger partial charge in [0.15, 0.2) is 21.3 Å². The van der Waals surface area contributed by atoms with Crippen molar-refractivity contribution in [3.8, 4) is 11.3 Å². The third-order valence-corrected chi connectivity index (χ3v) is 7.20. The molecule has 0 spiro atoms. The zero-order chi connectivity index (χ0) is 21.3. The van der Waals surface area contributed by atoms with Crippen molar-refractivity contribution in [1.29, 1.82) is 0 Å². The summed E-state index contributed by atoms with van der Waals surface area (Å²) in [5, 5.41) is 4.52. The van der Waals surface area contributed by atoms with Crippen molar-refractivity contribution in [2.24, 2.45) is 0 Å². The molecule has 0 N–H and O–H groups in total. The number of hydrogen-bond acceptors (Lipinski definition) is 5. The van der Waals surface area contributed by atoms with Crippen LogP contribution in [0.1, 0.15) is 28.0 Å². The molecule has 6 nitrogen and oxygen atoms in total. The highest BCUT2D eigenvalue weighted by Crippen LogP contribution is 2.26. The maximum Gasteiger partial charge on any atom is 0.276 e. The van der Waals surface area contributed by atoms with Crippen LogP contribution in [-0.2, 0) is 16.4 Å².